The summed E-state index contributed by atoms with van der Waals surface area (Å²) in [6, 6.07) is 0. The van der Waals surface area contributed by atoms with Crippen molar-refractivity contribution in [3.63, 3.8) is 0 Å². The van der Waals surface area contributed by atoms with Gasteiger partial charge in [-0.25, -0.2) is 4.79 Å². The SMILES string of the molecule is CCCCCCCCC[C@H]1CCC[C@@H]1CCCCC=CC(=O)OO. The molecule has 1 N–H and O–H groups in total. The molecule has 24 heavy (non-hydrogen) atoms. The number of carbonyl (C=O) groups excluding carboxylic acids is 1. The van der Waals surface area contributed by atoms with Crippen LogP contribution in [0.1, 0.15) is 103 Å². The Labute approximate surface area is 148 Å². The quantitative estimate of drug-likeness (QED) is 0.166. The zero-order valence-electron chi connectivity index (χ0n) is 15.7. The Kier molecular flexibility index (Phi) is 12.8. The molecule has 0 heterocycles. The minimum atomic E-state index is -0.680. The van der Waals surface area contributed by atoms with Gasteiger partial charge >= 0.3 is 5.97 Å². The summed E-state index contributed by atoms with van der Waals surface area (Å²) in [6.07, 6.45) is 23.3. The van der Waals surface area contributed by atoms with Gasteiger partial charge in [0.25, 0.3) is 0 Å². The molecule has 0 unspecified atom stereocenters. The van der Waals surface area contributed by atoms with Crippen LogP contribution in [0, 0.1) is 11.8 Å². The minimum absolute atomic E-state index is 0.680. The number of rotatable bonds is 14. The van der Waals surface area contributed by atoms with Gasteiger partial charge in [0, 0.05) is 6.08 Å². The minimum Gasteiger partial charge on any atom is -0.296 e. The molecule has 1 aliphatic rings. The number of carbonyl (C=O) groups is 1. The largest absolute Gasteiger partial charge is 0.365 e. The molecule has 0 aromatic heterocycles. The van der Waals surface area contributed by atoms with Crippen LogP contribution in [0.4, 0.5) is 0 Å². The summed E-state index contributed by atoms with van der Waals surface area (Å²) < 4.78 is 0. The predicted octanol–water partition coefficient (Wildman–Crippen LogP) is 6.68. The average molecular weight is 339 g/mol. The van der Waals surface area contributed by atoms with Gasteiger partial charge in [-0.3, -0.25) is 4.89 Å². The van der Waals surface area contributed by atoms with Gasteiger partial charge in [-0.1, -0.05) is 96.5 Å². The summed E-state index contributed by atoms with van der Waals surface area (Å²) in [5, 5.41) is 8.15. The fourth-order valence-electron chi connectivity index (χ4n) is 4.12. The van der Waals surface area contributed by atoms with Crippen molar-refractivity contribution in [3.05, 3.63) is 12.2 Å². The van der Waals surface area contributed by atoms with Gasteiger partial charge in [-0.05, 0) is 24.7 Å². The average Bonchev–Trinajstić information content (AvgIpc) is 3.04. The van der Waals surface area contributed by atoms with E-state index in [1.54, 1.807) is 6.08 Å². The highest BCUT2D eigenvalue weighted by Gasteiger charge is 2.25. The Balaban J connectivity index is 2.02. The first-order chi connectivity index (χ1) is 11.8. The number of allylic oxidation sites excluding steroid dienone is 1. The van der Waals surface area contributed by atoms with E-state index in [9.17, 15) is 4.79 Å². The van der Waals surface area contributed by atoms with E-state index in [1.165, 1.54) is 89.5 Å². The van der Waals surface area contributed by atoms with Gasteiger partial charge in [0.1, 0.15) is 0 Å². The number of hydrogen-bond acceptors (Lipinski definition) is 3. The topological polar surface area (TPSA) is 46.5 Å². The molecular formula is C21H38O3. The zero-order chi connectivity index (χ0) is 17.5. The van der Waals surface area contributed by atoms with Crippen LogP contribution in [0.3, 0.4) is 0 Å². The first-order valence-electron chi connectivity index (χ1n) is 10.3. The lowest BCUT2D eigenvalue weighted by Crippen LogP contribution is -2.08. The van der Waals surface area contributed by atoms with E-state index in [4.69, 9.17) is 5.26 Å². The maximum absolute atomic E-state index is 10.7. The Morgan fingerprint density at radius 3 is 2.17 bits per heavy atom. The second-order valence-electron chi connectivity index (χ2n) is 7.46. The molecule has 0 bridgehead atoms. The highest BCUT2D eigenvalue weighted by molar-refractivity contribution is 5.81. The molecule has 3 heteroatoms. The van der Waals surface area contributed by atoms with Crippen molar-refractivity contribution >= 4 is 5.97 Å². The second-order valence-corrected chi connectivity index (χ2v) is 7.46. The third-order valence-electron chi connectivity index (χ3n) is 5.53. The van der Waals surface area contributed by atoms with Crippen molar-refractivity contribution in [2.75, 3.05) is 0 Å². The lowest BCUT2D eigenvalue weighted by molar-refractivity contribution is -0.228. The maximum atomic E-state index is 10.7. The standard InChI is InChI=1S/C21H38O3/c1-2-3-4-5-6-7-10-14-19-16-13-17-20(19)15-11-8-9-12-18-21(22)24-23/h12,18-20,23H,2-11,13-17H2,1H3/t19-,20-/m0/s1. The van der Waals surface area contributed by atoms with E-state index in [2.05, 4.69) is 11.8 Å². The van der Waals surface area contributed by atoms with E-state index in [0.717, 1.165) is 24.7 Å². The highest BCUT2D eigenvalue weighted by Crippen LogP contribution is 2.38. The number of unbranched alkanes of at least 4 members (excludes halogenated alkanes) is 8. The lowest BCUT2D eigenvalue weighted by Gasteiger charge is -2.19. The van der Waals surface area contributed by atoms with Crippen molar-refractivity contribution in [2.24, 2.45) is 11.8 Å². The predicted molar refractivity (Wildman–Crippen MR) is 99.8 cm³/mol. The van der Waals surface area contributed by atoms with Crippen LogP contribution in [-0.4, -0.2) is 11.2 Å². The van der Waals surface area contributed by atoms with Crippen LogP contribution >= 0.6 is 0 Å². The van der Waals surface area contributed by atoms with Gasteiger partial charge in [-0.2, -0.15) is 5.26 Å². The molecule has 3 nitrogen and oxygen atoms in total. The first-order valence-corrected chi connectivity index (χ1v) is 10.3. The molecule has 0 radical (unpaired) electrons. The molecule has 0 aromatic rings. The van der Waals surface area contributed by atoms with Gasteiger partial charge in [0.2, 0.25) is 0 Å². The third-order valence-corrected chi connectivity index (χ3v) is 5.53. The molecule has 0 spiro atoms. The first kappa shape index (κ1) is 21.2. The van der Waals surface area contributed by atoms with Crippen molar-refractivity contribution < 1.29 is 14.9 Å². The summed E-state index contributed by atoms with van der Waals surface area (Å²) in [5.41, 5.74) is 0. The molecule has 0 aliphatic heterocycles. The Bertz CT molecular complexity index is 338. The molecule has 1 aliphatic carbocycles. The van der Waals surface area contributed by atoms with E-state index < -0.39 is 5.97 Å². The fraction of sp³-hybridized carbons (Fsp3) is 0.857. The Morgan fingerprint density at radius 2 is 1.54 bits per heavy atom. The maximum Gasteiger partial charge on any atom is 0.365 e. The second kappa shape index (κ2) is 14.5. The molecule has 0 saturated heterocycles. The van der Waals surface area contributed by atoms with Crippen LogP contribution in [0.5, 0.6) is 0 Å². The third kappa shape index (κ3) is 10.1. The van der Waals surface area contributed by atoms with E-state index in [1.807, 2.05) is 0 Å². The molecule has 0 aromatic carbocycles. The van der Waals surface area contributed by atoms with Crippen LogP contribution in [0.15, 0.2) is 12.2 Å². The molecule has 1 saturated carbocycles. The van der Waals surface area contributed by atoms with Crippen molar-refractivity contribution in [1.82, 2.24) is 0 Å². The molecule has 0 amide bonds. The summed E-state index contributed by atoms with van der Waals surface area (Å²) in [4.78, 5) is 14.3. The lowest BCUT2D eigenvalue weighted by atomic mass is 9.87. The van der Waals surface area contributed by atoms with Gasteiger partial charge in [0.05, 0.1) is 0 Å². The number of hydrogen-bond donors (Lipinski definition) is 1. The van der Waals surface area contributed by atoms with Crippen LogP contribution in [0.25, 0.3) is 0 Å². The molecule has 140 valence electrons. The van der Waals surface area contributed by atoms with Crippen LogP contribution in [0.2, 0.25) is 0 Å². The Hall–Kier alpha value is -0.830. The molecule has 1 rings (SSSR count). The normalized spacial score (nSPS) is 20.8. The fourth-order valence-corrected chi connectivity index (χ4v) is 4.12. The van der Waals surface area contributed by atoms with Gasteiger partial charge in [-0.15, -0.1) is 0 Å². The zero-order valence-corrected chi connectivity index (χ0v) is 15.7. The molecule has 1 fully saturated rings. The molecular weight excluding hydrogens is 300 g/mol. The summed E-state index contributed by atoms with van der Waals surface area (Å²) in [6.45, 7) is 2.28. The smallest absolute Gasteiger partial charge is 0.296 e. The van der Waals surface area contributed by atoms with Crippen molar-refractivity contribution in [1.29, 1.82) is 0 Å². The Morgan fingerprint density at radius 1 is 0.958 bits per heavy atom. The van der Waals surface area contributed by atoms with Crippen LogP contribution < -0.4 is 0 Å². The van der Waals surface area contributed by atoms with E-state index in [-0.39, 0.29) is 0 Å². The van der Waals surface area contributed by atoms with Crippen LogP contribution in [-0.2, 0) is 9.68 Å². The van der Waals surface area contributed by atoms with E-state index >= 15 is 0 Å². The van der Waals surface area contributed by atoms with Crippen molar-refractivity contribution in [3.8, 4) is 0 Å². The van der Waals surface area contributed by atoms with Gasteiger partial charge < -0.3 is 0 Å². The van der Waals surface area contributed by atoms with Gasteiger partial charge in [0.15, 0.2) is 0 Å². The monoisotopic (exact) mass is 338 g/mol. The van der Waals surface area contributed by atoms with E-state index in [0.29, 0.717) is 0 Å². The summed E-state index contributed by atoms with van der Waals surface area (Å²) >= 11 is 0. The van der Waals surface area contributed by atoms with Crippen molar-refractivity contribution in [2.45, 2.75) is 103 Å². The summed E-state index contributed by atoms with van der Waals surface area (Å²) in [7, 11) is 0. The summed E-state index contributed by atoms with van der Waals surface area (Å²) in [5.74, 6) is 1.23. The highest BCUT2D eigenvalue weighted by atomic mass is 17.1. The molecule has 2 atom stereocenters.